The molecule has 0 radical (unpaired) electrons. The van der Waals surface area contributed by atoms with Crippen LogP contribution in [0.2, 0.25) is 5.02 Å². The van der Waals surface area contributed by atoms with Gasteiger partial charge in [-0.15, -0.1) is 0 Å². The van der Waals surface area contributed by atoms with Gasteiger partial charge in [-0.05, 0) is 32.9 Å². The largest absolute Gasteiger partial charge is 0.460 e. The topological polar surface area (TPSA) is 65.2 Å². The third kappa shape index (κ3) is 4.48. The molecule has 2 N–H and O–H groups in total. The Morgan fingerprint density at radius 1 is 1.42 bits per heavy atom. The third-order valence-corrected chi connectivity index (χ3v) is 3.04. The molecule has 1 aromatic heterocycles. The van der Waals surface area contributed by atoms with Gasteiger partial charge in [-0.25, -0.2) is 0 Å². The van der Waals surface area contributed by atoms with Crippen LogP contribution in [0.5, 0.6) is 0 Å². The van der Waals surface area contributed by atoms with Gasteiger partial charge in [0.25, 0.3) is 0 Å². The number of hydrogen-bond donors (Lipinski definition) is 1. The van der Waals surface area contributed by atoms with E-state index < -0.39 is 11.0 Å². The van der Waals surface area contributed by atoms with E-state index in [9.17, 15) is 4.79 Å². The molecule has 106 valence electrons. The second-order valence-corrected chi connectivity index (χ2v) is 6.27. The molecule has 0 spiro atoms. The Morgan fingerprint density at radius 2 is 2.05 bits per heavy atom. The number of ether oxygens (including phenoxy) is 1. The second-order valence-electron chi connectivity index (χ2n) is 5.86. The van der Waals surface area contributed by atoms with Crippen molar-refractivity contribution in [3.63, 3.8) is 0 Å². The van der Waals surface area contributed by atoms with Gasteiger partial charge >= 0.3 is 5.97 Å². The predicted molar refractivity (Wildman–Crippen MR) is 76.1 cm³/mol. The summed E-state index contributed by atoms with van der Waals surface area (Å²) in [5, 5.41) is 0.513. The van der Waals surface area contributed by atoms with Gasteiger partial charge in [0, 0.05) is 18.2 Å². The highest BCUT2D eigenvalue weighted by atomic mass is 35.5. The number of esters is 1. The number of carbonyl (C=O) groups excluding carboxylic acids is 1. The van der Waals surface area contributed by atoms with Crippen molar-refractivity contribution < 1.29 is 9.53 Å². The van der Waals surface area contributed by atoms with Gasteiger partial charge in [-0.3, -0.25) is 9.78 Å². The molecule has 0 fully saturated rings. The third-order valence-electron chi connectivity index (χ3n) is 2.74. The summed E-state index contributed by atoms with van der Waals surface area (Å²) >= 11 is 6.13. The van der Waals surface area contributed by atoms with Crippen molar-refractivity contribution in [1.82, 2.24) is 4.98 Å². The van der Waals surface area contributed by atoms with E-state index >= 15 is 0 Å². The number of aromatic nitrogens is 1. The number of hydrogen-bond acceptors (Lipinski definition) is 4. The van der Waals surface area contributed by atoms with Crippen LogP contribution in [0.25, 0.3) is 0 Å². The molecule has 1 aromatic rings. The van der Waals surface area contributed by atoms with E-state index in [1.165, 1.54) is 0 Å². The molecule has 1 unspecified atom stereocenters. The first kappa shape index (κ1) is 15.9. The molecule has 0 aliphatic heterocycles. The summed E-state index contributed by atoms with van der Waals surface area (Å²) < 4.78 is 5.33. The lowest BCUT2D eigenvalue weighted by Crippen LogP contribution is -2.37. The van der Waals surface area contributed by atoms with Gasteiger partial charge in [-0.2, -0.15) is 0 Å². The highest BCUT2D eigenvalue weighted by Crippen LogP contribution is 2.31. The van der Waals surface area contributed by atoms with Gasteiger partial charge < -0.3 is 10.5 Å². The fraction of sp³-hybridized carbons (Fsp3) is 0.571. The lowest BCUT2D eigenvalue weighted by molar-refractivity contribution is -0.156. The highest BCUT2D eigenvalue weighted by molar-refractivity contribution is 6.31. The van der Waals surface area contributed by atoms with Gasteiger partial charge in [0.05, 0.1) is 17.1 Å². The van der Waals surface area contributed by atoms with E-state index in [2.05, 4.69) is 4.98 Å². The van der Waals surface area contributed by atoms with Crippen LogP contribution in [-0.4, -0.2) is 23.1 Å². The van der Waals surface area contributed by atoms with Crippen LogP contribution in [0.1, 0.15) is 39.8 Å². The monoisotopic (exact) mass is 284 g/mol. The maximum atomic E-state index is 12.0. The fourth-order valence-electron chi connectivity index (χ4n) is 1.78. The van der Waals surface area contributed by atoms with Crippen molar-refractivity contribution in [1.29, 1.82) is 0 Å². The van der Waals surface area contributed by atoms with Crippen molar-refractivity contribution in [2.75, 3.05) is 6.54 Å². The highest BCUT2D eigenvalue weighted by Gasteiger charge is 2.33. The smallest absolute Gasteiger partial charge is 0.307 e. The first-order chi connectivity index (χ1) is 8.68. The maximum Gasteiger partial charge on any atom is 0.307 e. The van der Waals surface area contributed by atoms with E-state index in [0.29, 0.717) is 10.7 Å². The molecular formula is C14H21ClN2O2. The van der Waals surface area contributed by atoms with Crippen LogP contribution >= 0.6 is 11.6 Å². The van der Waals surface area contributed by atoms with Gasteiger partial charge in [-0.1, -0.05) is 18.5 Å². The lowest BCUT2D eigenvalue weighted by Gasteiger charge is -2.29. The summed E-state index contributed by atoms with van der Waals surface area (Å²) in [6.45, 7) is 7.63. The van der Waals surface area contributed by atoms with Crippen molar-refractivity contribution in [2.45, 2.75) is 45.1 Å². The number of pyridine rings is 1. The average molecular weight is 285 g/mol. The number of nitrogens with zero attached hydrogens (tertiary/aromatic N) is 1. The number of nitrogens with two attached hydrogens (primary N) is 1. The Bertz CT molecular complexity index is 457. The van der Waals surface area contributed by atoms with Crippen LogP contribution in [-0.2, 0) is 14.9 Å². The van der Waals surface area contributed by atoms with Crippen LogP contribution in [0, 0.1) is 0 Å². The quantitative estimate of drug-likeness (QED) is 0.864. The standard InChI is InChI=1S/C14H21ClN2O2/c1-13(2,3)19-11(18)8-14(4,9-16)12-10(15)6-5-7-17-12/h5-7H,8-9,16H2,1-4H3. The van der Waals surface area contributed by atoms with Gasteiger partial charge in [0.1, 0.15) is 5.60 Å². The molecule has 0 saturated carbocycles. The van der Waals surface area contributed by atoms with E-state index in [0.717, 1.165) is 0 Å². The minimum Gasteiger partial charge on any atom is -0.460 e. The van der Waals surface area contributed by atoms with Crippen molar-refractivity contribution in [3.8, 4) is 0 Å². The van der Waals surface area contributed by atoms with E-state index in [1.54, 1.807) is 18.3 Å². The molecule has 0 saturated heterocycles. The average Bonchev–Trinajstić information content (AvgIpc) is 2.26. The molecular weight excluding hydrogens is 264 g/mol. The Kier molecular flexibility index (Phi) is 4.93. The van der Waals surface area contributed by atoms with Crippen LogP contribution < -0.4 is 5.73 Å². The molecule has 0 amide bonds. The fourth-order valence-corrected chi connectivity index (χ4v) is 2.13. The van der Waals surface area contributed by atoms with Gasteiger partial charge in [0.2, 0.25) is 0 Å². The Balaban J connectivity index is 2.94. The molecule has 1 atom stereocenters. The van der Waals surface area contributed by atoms with Crippen molar-refractivity contribution in [2.24, 2.45) is 5.73 Å². The minimum absolute atomic E-state index is 0.150. The summed E-state index contributed by atoms with van der Waals surface area (Å²) in [4.78, 5) is 16.2. The van der Waals surface area contributed by atoms with Crippen molar-refractivity contribution >= 4 is 17.6 Å². The molecule has 0 aliphatic rings. The van der Waals surface area contributed by atoms with Crippen LogP contribution in [0.3, 0.4) is 0 Å². The molecule has 1 heterocycles. The summed E-state index contributed by atoms with van der Waals surface area (Å²) in [7, 11) is 0. The predicted octanol–water partition coefficient (Wildman–Crippen LogP) is 2.68. The molecule has 4 nitrogen and oxygen atoms in total. The zero-order chi connectivity index (χ0) is 14.7. The Labute approximate surface area is 119 Å². The van der Waals surface area contributed by atoms with E-state index in [-0.39, 0.29) is 18.9 Å². The Hall–Kier alpha value is -1.13. The molecule has 0 aliphatic carbocycles. The normalized spacial score (nSPS) is 14.8. The summed E-state index contributed by atoms with van der Waals surface area (Å²) in [6.07, 6.45) is 1.79. The van der Waals surface area contributed by atoms with Gasteiger partial charge in [0.15, 0.2) is 0 Å². The molecule has 19 heavy (non-hydrogen) atoms. The molecule has 0 bridgehead atoms. The number of halogens is 1. The number of rotatable bonds is 4. The number of carbonyl (C=O) groups is 1. The maximum absolute atomic E-state index is 12.0. The summed E-state index contributed by atoms with van der Waals surface area (Å²) in [6, 6.07) is 3.49. The van der Waals surface area contributed by atoms with Crippen LogP contribution in [0.4, 0.5) is 0 Å². The Morgan fingerprint density at radius 3 is 2.53 bits per heavy atom. The SMILES string of the molecule is CC(C)(C)OC(=O)CC(C)(CN)c1ncccc1Cl. The first-order valence-electron chi connectivity index (χ1n) is 6.21. The molecule has 0 aromatic carbocycles. The van der Waals surface area contributed by atoms with E-state index in [4.69, 9.17) is 22.1 Å². The van der Waals surface area contributed by atoms with Crippen LogP contribution in [0.15, 0.2) is 18.3 Å². The van der Waals surface area contributed by atoms with Crippen molar-refractivity contribution in [3.05, 3.63) is 29.0 Å². The zero-order valence-corrected chi connectivity index (χ0v) is 12.6. The van der Waals surface area contributed by atoms with E-state index in [1.807, 2.05) is 27.7 Å². The summed E-state index contributed by atoms with van der Waals surface area (Å²) in [5.74, 6) is -0.304. The minimum atomic E-state index is -0.624. The first-order valence-corrected chi connectivity index (χ1v) is 6.59. The lowest BCUT2D eigenvalue weighted by atomic mass is 9.83. The zero-order valence-electron chi connectivity index (χ0n) is 11.9. The molecule has 5 heteroatoms. The summed E-state index contributed by atoms with van der Waals surface area (Å²) in [5.41, 5.74) is 5.31. The second kappa shape index (κ2) is 5.88. The molecule has 1 rings (SSSR count).